The van der Waals surface area contributed by atoms with Crippen LogP contribution in [-0.4, -0.2) is 8.80 Å². The van der Waals surface area contributed by atoms with Crippen molar-refractivity contribution in [3.05, 3.63) is 260 Å². The summed E-state index contributed by atoms with van der Waals surface area (Å²) in [6.45, 7) is 7.96. The number of aromatic nitrogens is 2. The minimum Gasteiger partial charge on any atom is -0.311 e. The van der Waals surface area contributed by atoms with Crippen molar-refractivity contribution in [3.63, 3.8) is 0 Å². The lowest BCUT2D eigenvalue weighted by molar-refractivity contribution is 1.29. The molecule has 342 valence electrons. The fourth-order valence-electron chi connectivity index (χ4n) is 12.3. The molecule has 0 N–H and O–H groups in total. The zero-order valence-electron chi connectivity index (χ0n) is 39.8. The second-order valence-corrected chi connectivity index (χ2v) is 19.0. The Balaban J connectivity index is 1.14. The van der Waals surface area contributed by atoms with Crippen LogP contribution in [0.15, 0.2) is 243 Å². The first-order chi connectivity index (χ1) is 36.7. The molecule has 4 heterocycles. The molecule has 74 heavy (non-hydrogen) atoms. The summed E-state index contributed by atoms with van der Waals surface area (Å²) >= 11 is 0. The van der Waals surface area contributed by atoms with Gasteiger partial charge in [-0.25, -0.2) is 4.85 Å². The molecule has 0 radical (unpaired) electrons. The standard InChI is InChI=1S/C68H40N6/c1-70-46-25-15-31-50(41-46)72(48-28-12-5-13-29-48)56-37-19-39-58-62(56)52-33-17-35-54-64-59(44-21-6-2-7-22-44)67-63(60(45-23-8-3-9-24-45)68(64)74(58)66(52)54)53-34-16-32-51-61-55(36-18-38-57(61)73(67)65(51)53)71(47-26-10-4-11-27-47)49-30-14-20-43(40-49)42-69/h2-41H. The van der Waals surface area contributed by atoms with E-state index >= 15 is 0 Å². The van der Waals surface area contributed by atoms with Gasteiger partial charge in [0.15, 0.2) is 5.69 Å². The molecule has 0 aliphatic heterocycles. The quantitative estimate of drug-likeness (QED) is 0.143. The first-order valence-electron chi connectivity index (χ1n) is 24.9. The lowest BCUT2D eigenvalue weighted by Gasteiger charge is -2.27. The second kappa shape index (κ2) is 16.1. The highest BCUT2D eigenvalue weighted by Gasteiger charge is 2.32. The normalized spacial score (nSPS) is 11.8. The minimum absolute atomic E-state index is 0.591. The maximum Gasteiger partial charge on any atom is 0.189 e. The molecular weight excluding hydrogens is 901 g/mol. The fourth-order valence-corrected chi connectivity index (χ4v) is 12.3. The number of para-hydroxylation sites is 4. The van der Waals surface area contributed by atoms with Crippen LogP contribution in [0.5, 0.6) is 0 Å². The van der Waals surface area contributed by atoms with E-state index in [1.807, 2.05) is 48.5 Å². The van der Waals surface area contributed by atoms with Crippen LogP contribution in [0.3, 0.4) is 0 Å². The Labute approximate surface area is 425 Å². The average Bonchev–Trinajstić information content (AvgIpc) is 4.38. The summed E-state index contributed by atoms with van der Waals surface area (Å²) in [7, 11) is 0. The molecule has 6 nitrogen and oxygen atoms in total. The number of rotatable bonds is 8. The largest absolute Gasteiger partial charge is 0.311 e. The number of nitrogens with zero attached hydrogens (tertiary/aromatic N) is 6. The molecule has 0 fully saturated rings. The van der Waals surface area contributed by atoms with Gasteiger partial charge in [-0.3, -0.25) is 0 Å². The van der Waals surface area contributed by atoms with E-state index in [0.29, 0.717) is 11.3 Å². The molecule has 0 saturated carbocycles. The second-order valence-electron chi connectivity index (χ2n) is 19.0. The van der Waals surface area contributed by atoms with Gasteiger partial charge in [-0.15, -0.1) is 0 Å². The van der Waals surface area contributed by atoms with E-state index in [1.54, 1.807) is 0 Å². The van der Waals surface area contributed by atoms with Gasteiger partial charge >= 0.3 is 0 Å². The van der Waals surface area contributed by atoms with Gasteiger partial charge in [0.1, 0.15) is 0 Å². The number of fused-ring (bicyclic) bond motifs is 12. The SMILES string of the molecule is [C-]#[N+]c1cccc(N(c2ccccc2)c2cccc3c2c2cccc4c5c(-c6ccccc6)c6c(c(-c7ccccc7)c5n3c24)c2cccc3c4c(N(c5ccccc5)c5cccc(C#N)c5)cccc4n6c32)c1. The Morgan fingerprint density at radius 1 is 0.365 bits per heavy atom. The van der Waals surface area contributed by atoms with E-state index in [-0.39, 0.29) is 0 Å². The fraction of sp³-hybridized carbons (Fsp3) is 0. The summed E-state index contributed by atoms with van der Waals surface area (Å²) in [6, 6.07) is 88.2. The van der Waals surface area contributed by atoms with Crippen LogP contribution < -0.4 is 9.80 Å². The van der Waals surface area contributed by atoms with Gasteiger partial charge < -0.3 is 18.6 Å². The summed E-state index contributed by atoms with van der Waals surface area (Å²) in [4.78, 5) is 8.46. The highest BCUT2D eigenvalue weighted by atomic mass is 15.2. The number of hydrogen-bond donors (Lipinski definition) is 0. The van der Waals surface area contributed by atoms with Crippen molar-refractivity contribution in [2.75, 3.05) is 9.80 Å². The molecule has 6 heteroatoms. The number of nitriles is 1. The van der Waals surface area contributed by atoms with E-state index in [2.05, 4.69) is 224 Å². The average molecular weight is 941 g/mol. The van der Waals surface area contributed by atoms with Crippen molar-refractivity contribution < 1.29 is 0 Å². The summed E-state index contributed by atoms with van der Waals surface area (Å²) in [5.41, 5.74) is 18.6. The lowest BCUT2D eigenvalue weighted by Crippen LogP contribution is -2.10. The van der Waals surface area contributed by atoms with E-state index < -0.39 is 0 Å². The van der Waals surface area contributed by atoms with Crippen molar-refractivity contribution in [1.82, 2.24) is 8.80 Å². The Morgan fingerprint density at radius 2 is 0.757 bits per heavy atom. The van der Waals surface area contributed by atoms with Crippen molar-refractivity contribution >= 4 is 116 Å². The minimum atomic E-state index is 0.591. The number of benzene rings is 11. The van der Waals surface area contributed by atoms with Crippen molar-refractivity contribution in [1.29, 1.82) is 5.26 Å². The monoisotopic (exact) mass is 940 g/mol. The highest BCUT2D eigenvalue weighted by molar-refractivity contribution is 6.39. The van der Waals surface area contributed by atoms with Crippen LogP contribution in [0.2, 0.25) is 0 Å². The Bertz CT molecular complexity index is 4490. The van der Waals surface area contributed by atoms with Crippen LogP contribution >= 0.6 is 0 Å². The van der Waals surface area contributed by atoms with Crippen LogP contribution in [0, 0.1) is 17.9 Å². The molecule has 11 aromatic carbocycles. The number of anilines is 6. The van der Waals surface area contributed by atoms with Crippen molar-refractivity contribution in [3.8, 4) is 28.3 Å². The lowest BCUT2D eigenvalue weighted by atomic mass is 9.89. The molecule has 0 bridgehead atoms. The van der Waals surface area contributed by atoms with Crippen molar-refractivity contribution in [2.45, 2.75) is 0 Å². The van der Waals surface area contributed by atoms with Gasteiger partial charge in [0.25, 0.3) is 0 Å². The van der Waals surface area contributed by atoms with Gasteiger partial charge in [0, 0.05) is 77.0 Å². The highest BCUT2D eigenvalue weighted by Crippen LogP contribution is 2.56. The van der Waals surface area contributed by atoms with E-state index in [9.17, 15) is 5.26 Å². The van der Waals surface area contributed by atoms with E-state index in [0.717, 1.165) is 88.9 Å². The van der Waals surface area contributed by atoms with Gasteiger partial charge in [-0.2, -0.15) is 5.26 Å². The molecular formula is C68H40N6. The molecule has 0 spiro atoms. The van der Waals surface area contributed by atoms with Crippen LogP contribution in [0.1, 0.15) is 5.56 Å². The first-order valence-corrected chi connectivity index (χ1v) is 24.9. The van der Waals surface area contributed by atoms with Crippen LogP contribution in [0.4, 0.5) is 39.8 Å². The molecule has 0 saturated heterocycles. The molecule has 4 aromatic heterocycles. The Hall–Kier alpha value is -10.4. The maximum atomic E-state index is 10.1. The predicted octanol–water partition coefficient (Wildman–Crippen LogP) is 18.7. The van der Waals surface area contributed by atoms with Crippen molar-refractivity contribution in [2.24, 2.45) is 0 Å². The number of hydrogen-bond acceptors (Lipinski definition) is 3. The molecule has 0 unspecified atom stereocenters. The van der Waals surface area contributed by atoms with Gasteiger partial charge in [0.2, 0.25) is 0 Å². The zero-order chi connectivity index (χ0) is 49.0. The van der Waals surface area contributed by atoms with Gasteiger partial charge in [-0.1, -0.05) is 164 Å². The molecule has 0 amide bonds. The van der Waals surface area contributed by atoms with Gasteiger partial charge in [0.05, 0.1) is 62.7 Å². The third-order valence-corrected chi connectivity index (χ3v) is 15.1. The summed E-state index contributed by atoms with van der Waals surface area (Å²) < 4.78 is 5.12. The van der Waals surface area contributed by atoms with E-state index in [4.69, 9.17) is 6.57 Å². The summed E-state index contributed by atoms with van der Waals surface area (Å²) in [5, 5.41) is 19.5. The Kier molecular flexibility index (Phi) is 8.99. The summed E-state index contributed by atoms with van der Waals surface area (Å²) in [6.07, 6.45) is 0. The topological polar surface area (TPSA) is 43.5 Å². The van der Waals surface area contributed by atoms with Crippen LogP contribution in [-0.2, 0) is 0 Å². The predicted molar refractivity (Wildman–Crippen MR) is 307 cm³/mol. The zero-order valence-corrected chi connectivity index (χ0v) is 39.8. The molecule has 0 aliphatic carbocycles. The third kappa shape index (κ3) is 5.79. The molecule has 0 atom stereocenters. The van der Waals surface area contributed by atoms with Crippen LogP contribution in [0.25, 0.3) is 103 Å². The first kappa shape index (κ1) is 41.4. The maximum absolute atomic E-state index is 10.1. The van der Waals surface area contributed by atoms with Gasteiger partial charge in [-0.05, 0) is 90.0 Å². The smallest absolute Gasteiger partial charge is 0.189 e. The Morgan fingerprint density at radius 3 is 1.22 bits per heavy atom. The molecule has 15 rings (SSSR count). The molecule has 0 aliphatic rings. The third-order valence-electron chi connectivity index (χ3n) is 15.1. The van der Waals surface area contributed by atoms with E-state index in [1.165, 1.54) is 43.7 Å². The summed E-state index contributed by atoms with van der Waals surface area (Å²) in [5.74, 6) is 0. The molecule has 15 aromatic rings.